The van der Waals surface area contributed by atoms with E-state index >= 15 is 0 Å². The third kappa shape index (κ3) is 4.33. The zero-order chi connectivity index (χ0) is 19.4. The van der Waals surface area contributed by atoms with E-state index in [2.05, 4.69) is 5.32 Å². The van der Waals surface area contributed by atoms with Gasteiger partial charge in [0, 0.05) is 23.1 Å². The molecule has 142 valence electrons. The lowest BCUT2D eigenvalue weighted by Gasteiger charge is -2.23. The number of methoxy groups -OCH3 is 2. The van der Waals surface area contributed by atoms with E-state index in [9.17, 15) is 14.0 Å². The Balaban J connectivity index is 1.78. The van der Waals surface area contributed by atoms with Gasteiger partial charge in [0.25, 0.3) is 5.91 Å². The van der Waals surface area contributed by atoms with Gasteiger partial charge in [-0.25, -0.2) is 4.39 Å². The molecule has 1 saturated heterocycles. The Morgan fingerprint density at radius 3 is 2.33 bits per heavy atom. The van der Waals surface area contributed by atoms with Crippen molar-refractivity contribution in [2.75, 3.05) is 31.2 Å². The fourth-order valence-electron chi connectivity index (χ4n) is 2.72. The van der Waals surface area contributed by atoms with Crippen LogP contribution in [0.25, 0.3) is 0 Å². The zero-order valence-corrected chi connectivity index (χ0v) is 15.7. The molecule has 2 aromatic rings. The monoisotopic (exact) mass is 390 g/mol. The fourth-order valence-corrected chi connectivity index (χ4v) is 3.87. The molecule has 6 nitrogen and oxygen atoms in total. The van der Waals surface area contributed by atoms with Crippen LogP contribution in [-0.4, -0.2) is 48.6 Å². The lowest BCUT2D eigenvalue weighted by molar-refractivity contribution is -0.119. The number of thioether (sulfide) groups is 1. The number of amides is 2. The van der Waals surface area contributed by atoms with Crippen LogP contribution in [0.3, 0.4) is 0 Å². The first-order valence-corrected chi connectivity index (χ1v) is 9.35. The number of rotatable bonds is 5. The summed E-state index contributed by atoms with van der Waals surface area (Å²) < 4.78 is 23.4. The van der Waals surface area contributed by atoms with Crippen LogP contribution in [0.15, 0.2) is 42.5 Å². The molecule has 0 aliphatic carbocycles. The molecule has 2 amide bonds. The second-order valence-electron chi connectivity index (χ2n) is 5.89. The van der Waals surface area contributed by atoms with Gasteiger partial charge in [0.2, 0.25) is 5.91 Å². The number of nitrogens with one attached hydrogen (secondary N) is 1. The topological polar surface area (TPSA) is 67.9 Å². The van der Waals surface area contributed by atoms with E-state index in [1.54, 1.807) is 18.2 Å². The lowest BCUT2D eigenvalue weighted by Crippen LogP contribution is -2.44. The SMILES string of the molecule is COc1cc(OC)cc(C(=O)N2CSCC2C(=O)Nc2ccc(F)cc2)c1. The van der Waals surface area contributed by atoms with Gasteiger partial charge < -0.3 is 19.7 Å². The number of hydrogen-bond donors (Lipinski definition) is 1. The predicted molar refractivity (Wildman–Crippen MR) is 102 cm³/mol. The first-order chi connectivity index (χ1) is 13.0. The van der Waals surface area contributed by atoms with Crippen LogP contribution < -0.4 is 14.8 Å². The minimum atomic E-state index is -0.621. The number of carbonyl (C=O) groups excluding carboxylic acids is 2. The summed E-state index contributed by atoms with van der Waals surface area (Å²) >= 11 is 1.50. The molecular formula is C19H19FN2O4S. The van der Waals surface area contributed by atoms with Crippen molar-refractivity contribution in [3.63, 3.8) is 0 Å². The molecule has 0 bridgehead atoms. The average molecular weight is 390 g/mol. The van der Waals surface area contributed by atoms with E-state index in [0.717, 1.165) is 0 Å². The fraction of sp³-hybridized carbons (Fsp3) is 0.263. The van der Waals surface area contributed by atoms with Crippen LogP contribution in [0.5, 0.6) is 11.5 Å². The highest BCUT2D eigenvalue weighted by Crippen LogP contribution is 2.28. The molecule has 0 saturated carbocycles. The third-order valence-corrected chi connectivity index (χ3v) is 5.17. The summed E-state index contributed by atoms with van der Waals surface area (Å²) in [7, 11) is 3.02. The Hall–Kier alpha value is -2.74. The highest BCUT2D eigenvalue weighted by atomic mass is 32.2. The molecule has 1 fully saturated rings. The van der Waals surface area contributed by atoms with E-state index in [-0.39, 0.29) is 17.6 Å². The Morgan fingerprint density at radius 1 is 1.11 bits per heavy atom. The van der Waals surface area contributed by atoms with Crippen LogP contribution in [-0.2, 0) is 4.79 Å². The average Bonchev–Trinajstić information content (AvgIpc) is 3.18. The number of halogens is 1. The summed E-state index contributed by atoms with van der Waals surface area (Å²) in [5.74, 6) is 0.910. The normalized spacial score (nSPS) is 16.1. The molecule has 1 aliphatic rings. The van der Waals surface area contributed by atoms with Crippen molar-refractivity contribution >= 4 is 29.3 Å². The van der Waals surface area contributed by atoms with Crippen molar-refractivity contribution in [3.05, 3.63) is 53.8 Å². The number of hydrogen-bond acceptors (Lipinski definition) is 5. The van der Waals surface area contributed by atoms with Crippen molar-refractivity contribution < 1.29 is 23.5 Å². The van der Waals surface area contributed by atoms with Crippen LogP contribution in [0, 0.1) is 5.82 Å². The predicted octanol–water partition coefficient (Wildman–Crippen LogP) is 3.00. The van der Waals surface area contributed by atoms with Crippen molar-refractivity contribution in [2.45, 2.75) is 6.04 Å². The first kappa shape index (κ1) is 19.0. The molecule has 1 heterocycles. The molecule has 1 unspecified atom stereocenters. The molecule has 2 aromatic carbocycles. The molecule has 8 heteroatoms. The largest absolute Gasteiger partial charge is 0.497 e. The van der Waals surface area contributed by atoms with E-state index in [1.807, 2.05) is 0 Å². The molecular weight excluding hydrogens is 371 g/mol. The maximum atomic E-state index is 13.0. The van der Waals surface area contributed by atoms with Gasteiger partial charge in [-0.15, -0.1) is 11.8 Å². The molecule has 3 rings (SSSR count). The van der Waals surface area contributed by atoms with Gasteiger partial charge in [-0.05, 0) is 36.4 Å². The Kier molecular flexibility index (Phi) is 5.85. The Bertz CT molecular complexity index is 822. The maximum Gasteiger partial charge on any atom is 0.255 e. The van der Waals surface area contributed by atoms with Crippen LogP contribution in [0.1, 0.15) is 10.4 Å². The smallest absolute Gasteiger partial charge is 0.255 e. The number of carbonyl (C=O) groups is 2. The second kappa shape index (κ2) is 8.30. The third-order valence-electron chi connectivity index (χ3n) is 4.16. The van der Waals surface area contributed by atoms with Crippen molar-refractivity contribution in [2.24, 2.45) is 0 Å². The number of anilines is 1. The van der Waals surface area contributed by atoms with Gasteiger partial charge in [0.1, 0.15) is 23.4 Å². The Labute approximate surface area is 160 Å². The number of nitrogens with zero attached hydrogens (tertiary/aromatic N) is 1. The van der Waals surface area contributed by atoms with E-state index in [1.165, 1.54) is 55.1 Å². The number of ether oxygens (including phenoxy) is 2. The summed E-state index contributed by atoms with van der Waals surface area (Å²) in [6, 6.07) is 9.78. The van der Waals surface area contributed by atoms with Crippen LogP contribution in [0.2, 0.25) is 0 Å². The standard InChI is InChI=1S/C19H19FN2O4S/c1-25-15-7-12(8-16(9-15)26-2)19(24)22-11-27-10-17(22)18(23)21-14-5-3-13(20)4-6-14/h3-9,17H,10-11H2,1-2H3,(H,21,23). The zero-order valence-electron chi connectivity index (χ0n) is 14.9. The van der Waals surface area contributed by atoms with E-state index in [0.29, 0.717) is 34.4 Å². The molecule has 0 radical (unpaired) electrons. The molecule has 0 aromatic heterocycles. The minimum Gasteiger partial charge on any atom is -0.497 e. The lowest BCUT2D eigenvalue weighted by atomic mass is 10.1. The molecule has 1 aliphatic heterocycles. The quantitative estimate of drug-likeness (QED) is 0.850. The number of benzene rings is 2. The van der Waals surface area contributed by atoms with Crippen molar-refractivity contribution in [3.8, 4) is 11.5 Å². The van der Waals surface area contributed by atoms with Gasteiger partial charge in [-0.2, -0.15) is 0 Å². The summed E-state index contributed by atoms with van der Waals surface area (Å²) in [4.78, 5) is 27.1. The first-order valence-electron chi connectivity index (χ1n) is 8.20. The van der Waals surface area contributed by atoms with Gasteiger partial charge in [0.05, 0.1) is 20.1 Å². The summed E-state index contributed by atoms with van der Waals surface area (Å²) in [5, 5.41) is 2.73. The van der Waals surface area contributed by atoms with Crippen LogP contribution in [0.4, 0.5) is 10.1 Å². The summed E-state index contributed by atoms with van der Waals surface area (Å²) in [6.07, 6.45) is 0. The molecule has 27 heavy (non-hydrogen) atoms. The van der Waals surface area contributed by atoms with E-state index < -0.39 is 6.04 Å². The van der Waals surface area contributed by atoms with E-state index in [4.69, 9.17) is 9.47 Å². The van der Waals surface area contributed by atoms with Gasteiger partial charge in [-0.1, -0.05) is 0 Å². The van der Waals surface area contributed by atoms with Gasteiger partial charge >= 0.3 is 0 Å². The Morgan fingerprint density at radius 2 is 1.74 bits per heavy atom. The maximum absolute atomic E-state index is 13.0. The molecule has 1 N–H and O–H groups in total. The summed E-state index contributed by atoms with van der Waals surface area (Å²) in [6.45, 7) is 0. The minimum absolute atomic E-state index is 0.281. The summed E-state index contributed by atoms with van der Waals surface area (Å²) in [5.41, 5.74) is 0.863. The van der Waals surface area contributed by atoms with Crippen molar-refractivity contribution in [1.82, 2.24) is 4.90 Å². The van der Waals surface area contributed by atoms with Crippen LogP contribution >= 0.6 is 11.8 Å². The second-order valence-corrected chi connectivity index (χ2v) is 6.89. The van der Waals surface area contributed by atoms with Gasteiger partial charge in [-0.3, -0.25) is 9.59 Å². The van der Waals surface area contributed by atoms with Gasteiger partial charge in [0.15, 0.2) is 0 Å². The van der Waals surface area contributed by atoms with Crippen molar-refractivity contribution in [1.29, 1.82) is 0 Å². The molecule has 0 spiro atoms. The highest BCUT2D eigenvalue weighted by Gasteiger charge is 2.35. The molecule has 1 atom stereocenters. The highest BCUT2D eigenvalue weighted by molar-refractivity contribution is 7.99.